The standard InChI is InChI=1S/C68H132O17P2/c1-7-10-12-14-16-18-20-22-23-25-27-32-40-46-52-67(72)84-63(56-78-65(70)50-44-38-31-26-24-21-19-17-15-13-11-8-2)58-82-86(74,75)80-54-62(69)55-81-87(76,77)83-59-64(57-79-66(71)51-45-39-35-34-37-43-49-61(6)9-3)85-68(73)53-47-41-33-29-28-30-36-42-48-60(4)5/h60-64,69H,7-59H2,1-6H3,(H,74,75)(H,76,77)/t61?,62-,63-,64-/m1/s1. The molecule has 0 aromatic carbocycles. The van der Waals surface area contributed by atoms with Gasteiger partial charge in [0, 0.05) is 25.7 Å². The Balaban J connectivity index is 5.25. The van der Waals surface area contributed by atoms with Crippen LogP contribution in [0.2, 0.25) is 0 Å². The average molecular weight is 1280 g/mol. The summed E-state index contributed by atoms with van der Waals surface area (Å²) < 4.78 is 68.2. The number of carbonyl (C=O) groups excluding carboxylic acids is 4. The SMILES string of the molecule is CCCCCCCCCCCCCCCCC(=O)O[C@H](COC(=O)CCCCCCCCCCCCCC)COP(=O)(O)OC[C@@H](O)COP(=O)(O)OC[C@@H](COC(=O)CCCCCCCCC(C)CC)OC(=O)CCCCCCCCCCC(C)C. The molecule has 0 saturated carbocycles. The quantitative estimate of drug-likeness (QED) is 0.0222. The molecule has 87 heavy (non-hydrogen) atoms. The summed E-state index contributed by atoms with van der Waals surface area (Å²) >= 11 is 0. The molecule has 0 aliphatic rings. The topological polar surface area (TPSA) is 237 Å². The number of rotatable bonds is 67. The average Bonchev–Trinajstić information content (AvgIpc) is 3.56. The smallest absolute Gasteiger partial charge is 0.462 e. The highest BCUT2D eigenvalue weighted by atomic mass is 31.2. The molecule has 0 amide bonds. The summed E-state index contributed by atoms with van der Waals surface area (Å²) in [4.78, 5) is 72.4. The van der Waals surface area contributed by atoms with Gasteiger partial charge in [0.15, 0.2) is 12.2 Å². The zero-order valence-electron chi connectivity index (χ0n) is 56.3. The molecule has 6 atom stereocenters. The molecule has 0 aromatic rings. The molecular formula is C68H132O17P2. The Kier molecular flexibility index (Phi) is 59.0. The number of hydrogen-bond donors (Lipinski definition) is 3. The summed E-state index contributed by atoms with van der Waals surface area (Å²) in [7, 11) is -9.90. The van der Waals surface area contributed by atoms with Gasteiger partial charge >= 0.3 is 39.5 Å². The molecular weight excluding hydrogens is 1150 g/mol. The molecule has 0 aliphatic heterocycles. The van der Waals surface area contributed by atoms with E-state index in [-0.39, 0.29) is 25.7 Å². The molecule has 0 radical (unpaired) electrons. The van der Waals surface area contributed by atoms with Gasteiger partial charge in [-0.2, -0.15) is 0 Å². The Morgan fingerprint density at radius 3 is 0.874 bits per heavy atom. The van der Waals surface area contributed by atoms with Crippen molar-refractivity contribution < 1.29 is 80.2 Å². The van der Waals surface area contributed by atoms with Crippen molar-refractivity contribution >= 4 is 39.5 Å². The van der Waals surface area contributed by atoms with Gasteiger partial charge in [-0.25, -0.2) is 9.13 Å². The largest absolute Gasteiger partial charge is 0.472 e. The van der Waals surface area contributed by atoms with Crippen LogP contribution in [0.4, 0.5) is 0 Å². The van der Waals surface area contributed by atoms with Gasteiger partial charge in [0.2, 0.25) is 0 Å². The second-order valence-electron chi connectivity index (χ2n) is 25.3. The van der Waals surface area contributed by atoms with Crippen LogP contribution < -0.4 is 0 Å². The summed E-state index contributed by atoms with van der Waals surface area (Å²) in [6.07, 6.45) is 44.4. The van der Waals surface area contributed by atoms with Crippen molar-refractivity contribution in [2.75, 3.05) is 39.6 Å². The lowest BCUT2D eigenvalue weighted by Gasteiger charge is -2.21. The van der Waals surface area contributed by atoms with Gasteiger partial charge in [0.1, 0.15) is 19.3 Å². The molecule has 0 bridgehead atoms. The van der Waals surface area contributed by atoms with E-state index >= 15 is 0 Å². The van der Waals surface area contributed by atoms with E-state index in [0.29, 0.717) is 25.7 Å². The first kappa shape index (κ1) is 85.1. The summed E-state index contributed by atoms with van der Waals surface area (Å²) in [6.45, 7) is 9.45. The maximum absolute atomic E-state index is 13.0. The minimum absolute atomic E-state index is 0.104. The van der Waals surface area contributed by atoms with Gasteiger partial charge in [0.25, 0.3) is 0 Å². The van der Waals surface area contributed by atoms with Gasteiger partial charge in [-0.1, -0.05) is 292 Å². The van der Waals surface area contributed by atoms with Crippen molar-refractivity contribution in [3.8, 4) is 0 Å². The Morgan fingerprint density at radius 2 is 0.586 bits per heavy atom. The van der Waals surface area contributed by atoms with Crippen molar-refractivity contribution in [2.45, 2.75) is 362 Å². The Hall–Kier alpha value is -1.94. The predicted molar refractivity (Wildman–Crippen MR) is 349 cm³/mol. The fraction of sp³-hybridized carbons (Fsp3) is 0.941. The molecule has 17 nitrogen and oxygen atoms in total. The van der Waals surface area contributed by atoms with Crippen LogP contribution in [0, 0.1) is 11.8 Å². The first-order valence-electron chi connectivity index (χ1n) is 35.5. The number of aliphatic hydroxyl groups excluding tert-OH is 1. The summed E-state index contributed by atoms with van der Waals surface area (Å²) in [6, 6.07) is 0. The van der Waals surface area contributed by atoms with Crippen LogP contribution in [0.3, 0.4) is 0 Å². The fourth-order valence-corrected chi connectivity index (χ4v) is 11.8. The first-order chi connectivity index (χ1) is 41.9. The molecule has 0 saturated heterocycles. The van der Waals surface area contributed by atoms with Crippen LogP contribution in [0.1, 0.15) is 343 Å². The van der Waals surface area contributed by atoms with Gasteiger partial charge in [-0.15, -0.1) is 0 Å². The number of phosphoric ester groups is 2. The molecule has 516 valence electrons. The summed E-state index contributed by atoms with van der Waals surface area (Å²) in [5, 5.41) is 10.6. The first-order valence-corrected chi connectivity index (χ1v) is 38.5. The Bertz CT molecular complexity index is 1700. The van der Waals surface area contributed by atoms with Crippen molar-refractivity contribution in [1.82, 2.24) is 0 Å². The van der Waals surface area contributed by atoms with Gasteiger partial charge in [-0.3, -0.25) is 37.3 Å². The lowest BCUT2D eigenvalue weighted by Crippen LogP contribution is -2.30. The normalized spacial score (nSPS) is 14.5. The number of hydrogen-bond acceptors (Lipinski definition) is 15. The molecule has 0 heterocycles. The number of unbranched alkanes of at least 4 members (excludes halogenated alkanes) is 36. The number of carbonyl (C=O) groups is 4. The highest BCUT2D eigenvalue weighted by molar-refractivity contribution is 7.47. The highest BCUT2D eigenvalue weighted by Crippen LogP contribution is 2.45. The predicted octanol–water partition coefficient (Wildman–Crippen LogP) is 19.2. The number of aliphatic hydroxyl groups is 1. The van der Waals surface area contributed by atoms with Crippen molar-refractivity contribution in [2.24, 2.45) is 11.8 Å². The molecule has 0 aromatic heterocycles. The molecule has 0 rings (SSSR count). The Morgan fingerprint density at radius 1 is 0.333 bits per heavy atom. The van der Waals surface area contributed by atoms with E-state index < -0.39 is 97.5 Å². The molecule has 0 fully saturated rings. The summed E-state index contributed by atoms with van der Waals surface area (Å²) in [5.74, 6) is -0.679. The third kappa shape index (κ3) is 61.3. The third-order valence-corrected chi connectivity index (χ3v) is 18.0. The molecule has 3 N–H and O–H groups in total. The lowest BCUT2D eigenvalue weighted by atomic mass is 10.00. The maximum Gasteiger partial charge on any atom is 0.472 e. The van der Waals surface area contributed by atoms with E-state index in [4.69, 9.17) is 37.0 Å². The van der Waals surface area contributed by atoms with Crippen LogP contribution in [0.5, 0.6) is 0 Å². The van der Waals surface area contributed by atoms with E-state index in [1.54, 1.807) is 0 Å². The maximum atomic E-state index is 13.0. The summed E-state index contributed by atoms with van der Waals surface area (Å²) in [5.41, 5.74) is 0. The van der Waals surface area contributed by atoms with E-state index in [1.165, 1.54) is 154 Å². The number of phosphoric acid groups is 2. The minimum Gasteiger partial charge on any atom is -0.462 e. The van der Waals surface area contributed by atoms with Crippen LogP contribution >= 0.6 is 15.6 Å². The third-order valence-electron chi connectivity index (χ3n) is 16.1. The molecule has 0 aliphatic carbocycles. The number of ether oxygens (including phenoxy) is 4. The van der Waals surface area contributed by atoms with E-state index in [2.05, 4.69) is 41.5 Å². The van der Waals surface area contributed by atoms with Crippen molar-refractivity contribution in [3.05, 3.63) is 0 Å². The van der Waals surface area contributed by atoms with E-state index in [0.717, 1.165) is 108 Å². The monoisotopic (exact) mass is 1280 g/mol. The lowest BCUT2D eigenvalue weighted by molar-refractivity contribution is -0.161. The van der Waals surface area contributed by atoms with E-state index in [1.807, 2.05) is 0 Å². The molecule has 19 heteroatoms. The zero-order valence-corrected chi connectivity index (χ0v) is 58.1. The highest BCUT2D eigenvalue weighted by Gasteiger charge is 2.30. The number of esters is 4. The van der Waals surface area contributed by atoms with Crippen molar-refractivity contribution in [3.63, 3.8) is 0 Å². The zero-order chi connectivity index (χ0) is 64.3. The molecule has 3 unspecified atom stereocenters. The van der Waals surface area contributed by atoms with Crippen LogP contribution in [0.15, 0.2) is 0 Å². The Labute approximate surface area is 530 Å². The van der Waals surface area contributed by atoms with E-state index in [9.17, 15) is 43.2 Å². The molecule has 0 spiro atoms. The fourth-order valence-electron chi connectivity index (χ4n) is 10.2. The second kappa shape index (κ2) is 60.3. The van der Waals surface area contributed by atoms with Gasteiger partial charge < -0.3 is 33.8 Å². The second-order valence-corrected chi connectivity index (χ2v) is 28.2. The van der Waals surface area contributed by atoms with Crippen molar-refractivity contribution in [1.29, 1.82) is 0 Å². The minimum atomic E-state index is -4.95. The van der Waals surface area contributed by atoms with Crippen LogP contribution in [-0.2, 0) is 65.4 Å². The van der Waals surface area contributed by atoms with Crippen LogP contribution in [-0.4, -0.2) is 96.7 Å². The van der Waals surface area contributed by atoms with Gasteiger partial charge in [0.05, 0.1) is 26.4 Å². The van der Waals surface area contributed by atoms with Crippen LogP contribution in [0.25, 0.3) is 0 Å². The van der Waals surface area contributed by atoms with Gasteiger partial charge in [-0.05, 0) is 37.5 Å².